The van der Waals surface area contributed by atoms with Crippen LogP contribution >= 0.6 is 22.6 Å². The lowest BCUT2D eigenvalue weighted by atomic mass is 10.1. The van der Waals surface area contributed by atoms with Crippen molar-refractivity contribution < 1.29 is 0 Å². The average molecular weight is 369 g/mol. The van der Waals surface area contributed by atoms with Crippen molar-refractivity contribution in [1.29, 1.82) is 0 Å². The molecule has 0 spiro atoms. The van der Waals surface area contributed by atoms with E-state index in [-0.39, 0.29) is 0 Å². The summed E-state index contributed by atoms with van der Waals surface area (Å²) in [5.41, 5.74) is 2.38. The van der Waals surface area contributed by atoms with Crippen LogP contribution in [0.15, 0.2) is 18.2 Å². The Morgan fingerprint density at radius 3 is 2.84 bits per heavy atom. The Hall–Kier alpha value is -1.15. The average Bonchev–Trinajstić information content (AvgIpc) is 2.92. The Morgan fingerprint density at radius 2 is 2.05 bits per heavy atom. The largest absolute Gasteiger partial charge is 0.337 e. The van der Waals surface area contributed by atoms with Crippen LogP contribution in [-0.2, 0) is 0 Å². The number of aryl methyl sites for hydroxylation is 1. The van der Waals surface area contributed by atoms with E-state index >= 15 is 0 Å². The highest BCUT2D eigenvalue weighted by Crippen LogP contribution is 2.25. The number of nitrogens with one attached hydrogen (secondary N) is 2. The van der Waals surface area contributed by atoms with E-state index in [2.05, 4.69) is 73.1 Å². The highest BCUT2D eigenvalue weighted by molar-refractivity contribution is 14.1. The van der Waals surface area contributed by atoms with Gasteiger partial charge in [0.05, 0.1) is 0 Å². The van der Waals surface area contributed by atoms with Gasteiger partial charge in [-0.15, -0.1) is 5.10 Å². The van der Waals surface area contributed by atoms with Gasteiger partial charge in [0.15, 0.2) is 5.82 Å². The third-order valence-electron chi connectivity index (χ3n) is 3.32. The zero-order chi connectivity index (χ0) is 13.2. The standard InChI is InChI=1S/C13H16IN5/c1-9-3-2-4-10(11(9)14)12-16-13(18-17-12)19-7-5-15-6-8-19/h2-4,15H,5-8H2,1H3,(H,16,17,18). The Balaban J connectivity index is 1.90. The normalized spacial score (nSPS) is 15.8. The molecular weight excluding hydrogens is 353 g/mol. The van der Waals surface area contributed by atoms with Crippen molar-refractivity contribution in [2.45, 2.75) is 6.92 Å². The van der Waals surface area contributed by atoms with Gasteiger partial charge in [-0.3, -0.25) is 5.10 Å². The number of hydrogen-bond donors (Lipinski definition) is 2. The molecule has 2 aromatic rings. The Labute approximate surface area is 125 Å². The molecule has 1 aromatic heterocycles. The lowest BCUT2D eigenvalue weighted by molar-refractivity contribution is 0.580. The molecule has 5 nitrogen and oxygen atoms in total. The van der Waals surface area contributed by atoms with Crippen LogP contribution < -0.4 is 10.2 Å². The molecule has 100 valence electrons. The highest BCUT2D eigenvalue weighted by atomic mass is 127. The second-order valence-corrected chi connectivity index (χ2v) is 5.74. The molecule has 0 atom stereocenters. The van der Waals surface area contributed by atoms with Gasteiger partial charge in [-0.1, -0.05) is 18.2 Å². The maximum Gasteiger partial charge on any atom is 0.245 e. The van der Waals surface area contributed by atoms with Crippen molar-refractivity contribution in [3.05, 3.63) is 27.3 Å². The summed E-state index contributed by atoms with van der Waals surface area (Å²) in [6, 6.07) is 6.25. The van der Waals surface area contributed by atoms with Gasteiger partial charge in [0, 0.05) is 35.3 Å². The number of aromatic amines is 1. The van der Waals surface area contributed by atoms with E-state index in [4.69, 9.17) is 0 Å². The maximum atomic E-state index is 4.63. The molecule has 1 aliphatic rings. The van der Waals surface area contributed by atoms with Crippen LogP contribution in [0.4, 0.5) is 5.95 Å². The molecule has 3 rings (SSSR count). The fourth-order valence-electron chi connectivity index (χ4n) is 2.21. The Kier molecular flexibility index (Phi) is 3.69. The molecular formula is C13H16IN5. The minimum atomic E-state index is 0.800. The van der Waals surface area contributed by atoms with Crippen molar-refractivity contribution in [2.75, 3.05) is 31.1 Å². The minimum absolute atomic E-state index is 0.800. The molecule has 1 aromatic carbocycles. The summed E-state index contributed by atoms with van der Waals surface area (Å²) in [5, 5.41) is 10.7. The molecule has 1 fully saturated rings. The number of halogens is 1. The van der Waals surface area contributed by atoms with Gasteiger partial charge < -0.3 is 10.2 Å². The van der Waals surface area contributed by atoms with E-state index < -0.39 is 0 Å². The second-order valence-electron chi connectivity index (χ2n) is 4.66. The first-order valence-corrected chi connectivity index (χ1v) is 7.47. The second kappa shape index (κ2) is 5.46. The summed E-state index contributed by atoms with van der Waals surface area (Å²) in [7, 11) is 0. The quantitative estimate of drug-likeness (QED) is 0.793. The zero-order valence-corrected chi connectivity index (χ0v) is 12.9. The van der Waals surface area contributed by atoms with Crippen molar-refractivity contribution in [2.24, 2.45) is 0 Å². The van der Waals surface area contributed by atoms with Gasteiger partial charge in [-0.25, -0.2) is 0 Å². The Morgan fingerprint density at radius 1 is 1.26 bits per heavy atom. The summed E-state index contributed by atoms with van der Waals surface area (Å²) < 4.78 is 1.23. The lowest BCUT2D eigenvalue weighted by Crippen LogP contribution is -2.44. The van der Waals surface area contributed by atoms with Gasteiger partial charge in [0.2, 0.25) is 5.95 Å². The summed E-state index contributed by atoms with van der Waals surface area (Å²) in [5.74, 6) is 1.65. The molecule has 0 amide bonds. The molecule has 2 heterocycles. The Bertz CT molecular complexity index is 574. The van der Waals surface area contributed by atoms with E-state index in [1.165, 1.54) is 9.13 Å². The van der Waals surface area contributed by atoms with Gasteiger partial charge in [-0.2, -0.15) is 4.98 Å². The number of benzene rings is 1. The summed E-state index contributed by atoms with van der Waals surface area (Å²) >= 11 is 2.36. The van der Waals surface area contributed by atoms with Crippen molar-refractivity contribution in [3.63, 3.8) is 0 Å². The smallest absolute Gasteiger partial charge is 0.245 e. The number of anilines is 1. The molecule has 1 saturated heterocycles. The summed E-state index contributed by atoms with van der Waals surface area (Å²) in [6.45, 7) is 6.01. The first-order valence-electron chi connectivity index (χ1n) is 6.39. The molecule has 0 saturated carbocycles. The predicted octanol–water partition coefficient (Wildman–Crippen LogP) is 1.79. The summed E-state index contributed by atoms with van der Waals surface area (Å²) in [4.78, 5) is 6.84. The van der Waals surface area contributed by atoms with Crippen molar-refractivity contribution in [3.8, 4) is 11.4 Å². The highest BCUT2D eigenvalue weighted by Gasteiger charge is 2.16. The number of aromatic nitrogens is 3. The molecule has 2 N–H and O–H groups in total. The fourth-order valence-corrected chi connectivity index (χ4v) is 2.83. The monoisotopic (exact) mass is 369 g/mol. The van der Waals surface area contributed by atoms with E-state index in [0.29, 0.717) is 0 Å². The van der Waals surface area contributed by atoms with Crippen LogP contribution in [0.2, 0.25) is 0 Å². The van der Waals surface area contributed by atoms with Crippen LogP contribution in [-0.4, -0.2) is 41.4 Å². The van der Waals surface area contributed by atoms with E-state index in [9.17, 15) is 0 Å². The molecule has 19 heavy (non-hydrogen) atoms. The molecule has 6 heteroatoms. The minimum Gasteiger partial charge on any atom is -0.337 e. The zero-order valence-electron chi connectivity index (χ0n) is 10.8. The SMILES string of the molecule is Cc1cccc(-c2nc(N3CCNCC3)n[nH]2)c1I. The van der Waals surface area contributed by atoms with Crippen LogP contribution in [0.5, 0.6) is 0 Å². The first kappa shape index (κ1) is 12.9. The number of rotatable bonds is 2. The van der Waals surface area contributed by atoms with Crippen LogP contribution in [0.3, 0.4) is 0 Å². The van der Waals surface area contributed by atoms with Gasteiger partial charge >= 0.3 is 0 Å². The summed E-state index contributed by atoms with van der Waals surface area (Å²) in [6.07, 6.45) is 0. The number of nitrogens with zero attached hydrogens (tertiary/aromatic N) is 3. The van der Waals surface area contributed by atoms with Gasteiger partial charge in [0.25, 0.3) is 0 Å². The number of piperazine rings is 1. The fraction of sp³-hybridized carbons (Fsp3) is 0.385. The van der Waals surface area contributed by atoms with Crippen LogP contribution in [0.1, 0.15) is 5.56 Å². The molecule has 0 bridgehead atoms. The lowest BCUT2D eigenvalue weighted by Gasteiger charge is -2.25. The topological polar surface area (TPSA) is 56.8 Å². The molecule has 1 aliphatic heterocycles. The maximum absolute atomic E-state index is 4.63. The van der Waals surface area contributed by atoms with Gasteiger partial charge in [0.1, 0.15) is 0 Å². The first-order chi connectivity index (χ1) is 9.25. The van der Waals surface area contributed by atoms with Gasteiger partial charge in [-0.05, 0) is 35.1 Å². The third kappa shape index (κ3) is 2.59. The molecule has 0 unspecified atom stereocenters. The van der Waals surface area contributed by atoms with Crippen LogP contribution in [0, 0.1) is 10.5 Å². The van der Waals surface area contributed by atoms with Crippen molar-refractivity contribution in [1.82, 2.24) is 20.5 Å². The van der Waals surface area contributed by atoms with E-state index in [1.807, 2.05) is 0 Å². The third-order valence-corrected chi connectivity index (χ3v) is 4.75. The van der Waals surface area contributed by atoms with Crippen LogP contribution in [0.25, 0.3) is 11.4 Å². The van der Waals surface area contributed by atoms with E-state index in [1.54, 1.807) is 0 Å². The number of hydrogen-bond acceptors (Lipinski definition) is 4. The number of H-pyrrole nitrogens is 1. The predicted molar refractivity (Wildman–Crippen MR) is 84.4 cm³/mol. The molecule has 0 aliphatic carbocycles. The van der Waals surface area contributed by atoms with E-state index in [0.717, 1.165) is 43.5 Å². The van der Waals surface area contributed by atoms with Crippen molar-refractivity contribution >= 4 is 28.5 Å². The molecule has 0 radical (unpaired) electrons.